The Bertz CT molecular complexity index is 363. The summed E-state index contributed by atoms with van der Waals surface area (Å²) in [5.41, 5.74) is 0. The number of likely N-dealkylation sites (N-methyl/N-ethyl adjacent to an activating group) is 1. The van der Waals surface area contributed by atoms with Gasteiger partial charge in [-0.1, -0.05) is 6.92 Å². The lowest BCUT2D eigenvalue weighted by Crippen LogP contribution is -2.47. The predicted octanol–water partition coefficient (Wildman–Crippen LogP) is 0.679. The van der Waals surface area contributed by atoms with Crippen molar-refractivity contribution in [2.75, 3.05) is 33.2 Å². The topological polar surface area (TPSA) is 52.7 Å². The quantitative estimate of drug-likeness (QED) is 0.833. The standard InChI is InChI=1S/C11H23N3O2S.ClH/c1-10-4-3-6-13(8-10)17(15,16)14-7-5-11(9-14)12-2;/h10-12H,3-9H2,1-2H3;1H. The fourth-order valence-corrected chi connectivity index (χ4v) is 4.53. The van der Waals surface area contributed by atoms with Crippen LogP contribution in [0, 0.1) is 5.92 Å². The smallest absolute Gasteiger partial charge is 0.282 e. The molecule has 1 N–H and O–H groups in total. The molecule has 2 rings (SSSR count). The van der Waals surface area contributed by atoms with Crippen LogP contribution in [0.3, 0.4) is 0 Å². The Morgan fingerprint density at radius 2 is 1.78 bits per heavy atom. The highest BCUT2D eigenvalue weighted by molar-refractivity contribution is 7.86. The minimum absolute atomic E-state index is 0. The number of hydrogen-bond donors (Lipinski definition) is 1. The first-order valence-corrected chi connectivity index (χ1v) is 7.86. The fourth-order valence-electron chi connectivity index (χ4n) is 2.69. The first-order valence-electron chi connectivity index (χ1n) is 6.46. The first kappa shape index (κ1) is 16.2. The van der Waals surface area contributed by atoms with Crippen LogP contribution in [0.15, 0.2) is 0 Å². The lowest BCUT2D eigenvalue weighted by molar-refractivity contribution is 0.263. The van der Waals surface area contributed by atoms with Crippen LogP contribution in [-0.2, 0) is 10.2 Å². The van der Waals surface area contributed by atoms with Gasteiger partial charge >= 0.3 is 0 Å². The Hall–Kier alpha value is 0.120. The van der Waals surface area contributed by atoms with Crippen molar-refractivity contribution in [3.05, 3.63) is 0 Å². The molecular weight excluding hydrogens is 274 g/mol. The molecule has 0 aromatic carbocycles. The maximum absolute atomic E-state index is 12.4. The first-order chi connectivity index (χ1) is 8.04. The van der Waals surface area contributed by atoms with Crippen LogP contribution in [-0.4, -0.2) is 56.3 Å². The van der Waals surface area contributed by atoms with Gasteiger partial charge in [-0.25, -0.2) is 0 Å². The Morgan fingerprint density at radius 1 is 1.11 bits per heavy atom. The molecule has 2 saturated heterocycles. The second kappa shape index (κ2) is 6.52. The monoisotopic (exact) mass is 297 g/mol. The van der Waals surface area contributed by atoms with E-state index in [2.05, 4.69) is 12.2 Å². The van der Waals surface area contributed by atoms with E-state index in [0.29, 0.717) is 38.1 Å². The Kier molecular flexibility index (Phi) is 5.86. The third kappa shape index (κ3) is 3.36. The van der Waals surface area contributed by atoms with Gasteiger partial charge in [-0.05, 0) is 32.2 Å². The minimum Gasteiger partial charge on any atom is -0.316 e. The Morgan fingerprint density at radius 3 is 2.33 bits per heavy atom. The van der Waals surface area contributed by atoms with E-state index in [1.54, 1.807) is 8.61 Å². The average molecular weight is 298 g/mol. The van der Waals surface area contributed by atoms with Crippen molar-refractivity contribution >= 4 is 22.6 Å². The molecule has 18 heavy (non-hydrogen) atoms. The number of rotatable bonds is 3. The van der Waals surface area contributed by atoms with Crippen LogP contribution >= 0.6 is 12.4 Å². The van der Waals surface area contributed by atoms with Crippen molar-refractivity contribution in [2.45, 2.75) is 32.2 Å². The second-order valence-electron chi connectivity index (χ2n) is 5.25. The van der Waals surface area contributed by atoms with Crippen molar-refractivity contribution < 1.29 is 8.42 Å². The third-order valence-corrected chi connectivity index (χ3v) is 5.80. The highest BCUT2D eigenvalue weighted by Gasteiger charge is 2.36. The van der Waals surface area contributed by atoms with Crippen LogP contribution in [0.4, 0.5) is 0 Å². The summed E-state index contributed by atoms with van der Waals surface area (Å²) in [5, 5.41) is 3.15. The zero-order valence-corrected chi connectivity index (χ0v) is 12.8. The van der Waals surface area contributed by atoms with Gasteiger partial charge in [0.05, 0.1) is 0 Å². The van der Waals surface area contributed by atoms with E-state index in [0.717, 1.165) is 19.3 Å². The van der Waals surface area contributed by atoms with Gasteiger partial charge < -0.3 is 5.32 Å². The zero-order chi connectivity index (χ0) is 12.5. The molecule has 0 radical (unpaired) electrons. The zero-order valence-electron chi connectivity index (χ0n) is 11.1. The Balaban J connectivity index is 0.00000162. The van der Waals surface area contributed by atoms with Gasteiger partial charge in [0.15, 0.2) is 0 Å². The molecule has 7 heteroatoms. The molecule has 0 bridgehead atoms. The van der Waals surface area contributed by atoms with Gasteiger partial charge in [0.25, 0.3) is 10.2 Å². The summed E-state index contributed by atoms with van der Waals surface area (Å²) in [4.78, 5) is 0. The molecule has 5 nitrogen and oxygen atoms in total. The summed E-state index contributed by atoms with van der Waals surface area (Å²) in [5.74, 6) is 0.487. The molecule has 2 aliphatic heterocycles. The number of halogens is 1. The molecule has 0 amide bonds. The van der Waals surface area contributed by atoms with Gasteiger partial charge in [0.2, 0.25) is 0 Å². The lowest BCUT2D eigenvalue weighted by Gasteiger charge is -2.33. The van der Waals surface area contributed by atoms with E-state index in [-0.39, 0.29) is 12.4 Å². The molecule has 0 saturated carbocycles. The highest BCUT2D eigenvalue weighted by atomic mass is 35.5. The summed E-state index contributed by atoms with van der Waals surface area (Å²) in [6.07, 6.45) is 3.05. The van der Waals surface area contributed by atoms with Crippen molar-refractivity contribution in [1.82, 2.24) is 13.9 Å². The largest absolute Gasteiger partial charge is 0.316 e. The Labute approximate surface area is 116 Å². The van der Waals surface area contributed by atoms with Gasteiger partial charge in [0.1, 0.15) is 0 Å². The maximum Gasteiger partial charge on any atom is 0.282 e. The van der Waals surface area contributed by atoms with E-state index < -0.39 is 10.2 Å². The van der Waals surface area contributed by atoms with Crippen LogP contribution in [0.1, 0.15) is 26.2 Å². The molecule has 0 aromatic heterocycles. The lowest BCUT2D eigenvalue weighted by atomic mass is 10.0. The molecule has 2 heterocycles. The molecule has 2 fully saturated rings. The molecule has 2 unspecified atom stereocenters. The van der Waals surface area contributed by atoms with Crippen molar-refractivity contribution in [1.29, 1.82) is 0 Å². The van der Waals surface area contributed by atoms with Gasteiger partial charge in [-0.2, -0.15) is 17.0 Å². The van der Waals surface area contributed by atoms with Crippen LogP contribution in [0.25, 0.3) is 0 Å². The van der Waals surface area contributed by atoms with E-state index in [1.807, 2.05) is 7.05 Å². The number of nitrogens with one attached hydrogen (secondary N) is 1. The van der Waals surface area contributed by atoms with Crippen molar-refractivity contribution in [3.63, 3.8) is 0 Å². The van der Waals surface area contributed by atoms with Crippen LogP contribution < -0.4 is 5.32 Å². The fraction of sp³-hybridized carbons (Fsp3) is 1.00. The van der Waals surface area contributed by atoms with E-state index in [1.165, 1.54) is 0 Å². The molecule has 0 aromatic rings. The van der Waals surface area contributed by atoms with Gasteiger partial charge in [-0.15, -0.1) is 12.4 Å². The SMILES string of the molecule is CNC1CCN(S(=O)(=O)N2CCCC(C)C2)C1.Cl. The molecule has 2 aliphatic rings. The summed E-state index contributed by atoms with van der Waals surface area (Å²) < 4.78 is 28.1. The number of nitrogens with zero attached hydrogens (tertiary/aromatic N) is 2. The number of hydrogen-bond acceptors (Lipinski definition) is 3. The van der Waals surface area contributed by atoms with Crippen molar-refractivity contribution in [3.8, 4) is 0 Å². The summed E-state index contributed by atoms with van der Waals surface area (Å²) in [6.45, 7) is 4.76. The molecular formula is C11H24ClN3O2S. The maximum atomic E-state index is 12.4. The van der Waals surface area contributed by atoms with E-state index >= 15 is 0 Å². The second-order valence-corrected chi connectivity index (χ2v) is 7.17. The predicted molar refractivity (Wildman–Crippen MR) is 75.2 cm³/mol. The highest BCUT2D eigenvalue weighted by Crippen LogP contribution is 2.23. The van der Waals surface area contributed by atoms with E-state index in [4.69, 9.17) is 0 Å². The molecule has 0 aliphatic carbocycles. The van der Waals surface area contributed by atoms with Gasteiger partial charge in [0, 0.05) is 32.2 Å². The summed E-state index contributed by atoms with van der Waals surface area (Å²) in [6, 6.07) is 0.312. The minimum atomic E-state index is -3.21. The van der Waals surface area contributed by atoms with Crippen molar-refractivity contribution in [2.24, 2.45) is 5.92 Å². The number of piperidine rings is 1. The van der Waals surface area contributed by atoms with E-state index in [9.17, 15) is 8.42 Å². The van der Waals surface area contributed by atoms with Crippen LogP contribution in [0.2, 0.25) is 0 Å². The normalized spacial score (nSPS) is 31.2. The molecule has 2 atom stereocenters. The third-order valence-electron chi connectivity index (χ3n) is 3.83. The average Bonchev–Trinajstić information content (AvgIpc) is 2.78. The molecule has 108 valence electrons. The summed E-state index contributed by atoms with van der Waals surface area (Å²) >= 11 is 0. The van der Waals surface area contributed by atoms with Crippen LogP contribution in [0.5, 0.6) is 0 Å². The summed E-state index contributed by atoms with van der Waals surface area (Å²) in [7, 11) is -1.32. The van der Waals surface area contributed by atoms with Gasteiger partial charge in [-0.3, -0.25) is 0 Å². The molecule has 0 spiro atoms.